The van der Waals surface area contributed by atoms with Gasteiger partial charge in [-0.05, 0) is 37.1 Å². The molecule has 1 aliphatic heterocycles. The van der Waals surface area contributed by atoms with Crippen molar-refractivity contribution in [3.8, 4) is 22.6 Å². The summed E-state index contributed by atoms with van der Waals surface area (Å²) >= 11 is 1.75. The first-order valence-electron chi connectivity index (χ1n) is 10.9. The fraction of sp³-hybridized carbons (Fsp3) is 0.280. The minimum absolute atomic E-state index is 0.0839. The first-order chi connectivity index (χ1) is 15.6. The Labute approximate surface area is 191 Å². The first kappa shape index (κ1) is 20.6. The quantitative estimate of drug-likeness (QED) is 0.471. The maximum Gasteiger partial charge on any atom is 0.244 e. The number of carbonyl (C=O) groups is 1. The van der Waals surface area contributed by atoms with Gasteiger partial charge in [-0.15, -0.1) is 11.3 Å². The largest absolute Gasteiger partial charge is 0.340 e. The van der Waals surface area contributed by atoms with E-state index in [9.17, 15) is 4.79 Å². The van der Waals surface area contributed by atoms with Crippen LogP contribution in [0.3, 0.4) is 0 Å². The maximum absolute atomic E-state index is 13.3. The van der Waals surface area contributed by atoms with Gasteiger partial charge in [0.25, 0.3) is 0 Å². The minimum Gasteiger partial charge on any atom is -0.340 e. The zero-order valence-corrected chi connectivity index (χ0v) is 19.1. The molecule has 4 heterocycles. The molecule has 0 aliphatic carbocycles. The molecule has 0 saturated heterocycles. The third-order valence-electron chi connectivity index (χ3n) is 5.77. The van der Waals surface area contributed by atoms with E-state index in [1.165, 1.54) is 4.88 Å². The number of aryl methyl sites for hydroxylation is 2. The standard InChI is InChI=1S/C25H25N5OS/c1-17-8-9-20(26-15-17)22-14-23(19-6-4-3-5-7-19)30(28-22)16-25(31)29-12-10-21-24(11-13-29)32-18(2)27-21/h3-9,14-15H,10-13,16H2,1-2H3. The van der Waals surface area contributed by atoms with E-state index in [2.05, 4.69) is 9.97 Å². The molecule has 0 fully saturated rings. The first-order valence-corrected chi connectivity index (χ1v) is 11.7. The molecule has 0 N–H and O–H groups in total. The fourth-order valence-electron chi connectivity index (χ4n) is 4.09. The summed E-state index contributed by atoms with van der Waals surface area (Å²) in [7, 11) is 0. The molecule has 4 aromatic rings. The second-order valence-corrected chi connectivity index (χ2v) is 9.43. The summed E-state index contributed by atoms with van der Waals surface area (Å²) < 4.78 is 1.82. The zero-order valence-electron chi connectivity index (χ0n) is 18.3. The van der Waals surface area contributed by atoms with Crippen molar-refractivity contribution >= 4 is 17.2 Å². The number of thiazole rings is 1. The minimum atomic E-state index is 0.0839. The average molecular weight is 444 g/mol. The van der Waals surface area contributed by atoms with Crippen molar-refractivity contribution in [3.05, 3.63) is 75.9 Å². The topological polar surface area (TPSA) is 63.9 Å². The van der Waals surface area contributed by atoms with Crippen LogP contribution in [0.25, 0.3) is 22.6 Å². The highest BCUT2D eigenvalue weighted by molar-refractivity contribution is 7.11. The monoisotopic (exact) mass is 443 g/mol. The summed E-state index contributed by atoms with van der Waals surface area (Å²) in [6.45, 7) is 5.69. The summed E-state index contributed by atoms with van der Waals surface area (Å²) in [5, 5.41) is 5.89. The molecule has 3 aromatic heterocycles. The van der Waals surface area contributed by atoms with Crippen molar-refractivity contribution < 1.29 is 4.79 Å². The second-order valence-electron chi connectivity index (χ2n) is 8.14. The maximum atomic E-state index is 13.3. The highest BCUT2D eigenvalue weighted by atomic mass is 32.1. The van der Waals surface area contributed by atoms with E-state index < -0.39 is 0 Å². The molecule has 0 atom stereocenters. The van der Waals surface area contributed by atoms with Gasteiger partial charge in [0.15, 0.2) is 0 Å². The van der Waals surface area contributed by atoms with E-state index in [0.717, 1.165) is 58.3 Å². The molecular weight excluding hydrogens is 418 g/mol. The van der Waals surface area contributed by atoms with Gasteiger partial charge in [0.2, 0.25) is 5.91 Å². The number of amides is 1. The summed E-state index contributed by atoms with van der Waals surface area (Å²) in [5.74, 6) is 0.0839. The van der Waals surface area contributed by atoms with Crippen molar-refractivity contribution in [2.75, 3.05) is 13.1 Å². The van der Waals surface area contributed by atoms with Crippen LogP contribution in [-0.2, 0) is 24.2 Å². The van der Waals surface area contributed by atoms with Crippen LogP contribution < -0.4 is 0 Å². The number of carbonyl (C=O) groups excluding carboxylic acids is 1. The summed E-state index contributed by atoms with van der Waals surface area (Å²) in [6, 6.07) is 16.1. The van der Waals surface area contributed by atoms with Gasteiger partial charge < -0.3 is 4.90 Å². The summed E-state index contributed by atoms with van der Waals surface area (Å²) in [4.78, 5) is 25.7. The number of hydrogen-bond donors (Lipinski definition) is 0. The number of hydrogen-bond acceptors (Lipinski definition) is 5. The van der Waals surface area contributed by atoms with Crippen molar-refractivity contribution in [1.29, 1.82) is 0 Å². The normalized spacial score (nSPS) is 13.6. The van der Waals surface area contributed by atoms with Crippen molar-refractivity contribution in [2.24, 2.45) is 0 Å². The van der Waals surface area contributed by atoms with Crippen LogP contribution in [0.2, 0.25) is 0 Å². The Hall–Kier alpha value is -3.32. The molecule has 0 radical (unpaired) electrons. The van der Waals surface area contributed by atoms with E-state index in [-0.39, 0.29) is 12.5 Å². The molecule has 0 spiro atoms. The molecule has 32 heavy (non-hydrogen) atoms. The Balaban J connectivity index is 1.41. The number of benzene rings is 1. The molecule has 0 bridgehead atoms. The highest BCUT2D eigenvalue weighted by Crippen LogP contribution is 2.26. The van der Waals surface area contributed by atoms with Gasteiger partial charge in [0.1, 0.15) is 12.2 Å². The van der Waals surface area contributed by atoms with Gasteiger partial charge in [-0.1, -0.05) is 36.4 Å². The molecule has 5 rings (SSSR count). The Morgan fingerprint density at radius 3 is 2.62 bits per heavy atom. The number of aromatic nitrogens is 4. The van der Waals surface area contributed by atoms with Crippen LogP contribution in [0.5, 0.6) is 0 Å². The van der Waals surface area contributed by atoms with Gasteiger partial charge >= 0.3 is 0 Å². The lowest BCUT2D eigenvalue weighted by molar-refractivity contribution is -0.131. The van der Waals surface area contributed by atoms with E-state index in [1.807, 2.05) is 78.2 Å². The van der Waals surface area contributed by atoms with Gasteiger partial charge in [0, 0.05) is 37.0 Å². The fourth-order valence-corrected chi connectivity index (χ4v) is 5.06. The molecule has 7 heteroatoms. The Bertz CT molecular complexity index is 1220. The predicted molar refractivity (Wildman–Crippen MR) is 126 cm³/mol. The molecular formula is C25H25N5OS. The van der Waals surface area contributed by atoms with Gasteiger partial charge in [-0.3, -0.25) is 14.5 Å². The number of rotatable bonds is 4. The zero-order chi connectivity index (χ0) is 22.1. The number of fused-ring (bicyclic) bond motifs is 1. The van der Waals surface area contributed by atoms with Gasteiger partial charge in [-0.25, -0.2) is 4.98 Å². The Kier molecular flexibility index (Phi) is 5.57. The molecule has 1 aliphatic rings. The second kappa shape index (κ2) is 8.67. The SMILES string of the molecule is Cc1ccc(-c2cc(-c3ccccc3)n(CC(=O)N3CCc4nc(C)sc4CC3)n2)nc1. The lowest BCUT2D eigenvalue weighted by Gasteiger charge is -2.20. The van der Waals surface area contributed by atoms with E-state index in [0.29, 0.717) is 6.54 Å². The lowest BCUT2D eigenvalue weighted by atomic mass is 10.1. The highest BCUT2D eigenvalue weighted by Gasteiger charge is 2.23. The molecule has 1 amide bonds. The van der Waals surface area contributed by atoms with Crippen molar-refractivity contribution in [1.82, 2.24) is 24.6 Å². The van der Waals surface area contributed by atoms with Gasteiger partial charge in [0.05, 0.1) is 22.1 Å². The summed E-state index contributed by atoms with van der Waals surface area (Å²) in [5.41, 5.74) is 5.78. The molecule has 0 unspecified atom stereocenters. The van der Waals surface area contributed by atoms with E-state index in [4.69, 9.17) is 5.10 Å². The molecule has 162 valence electrons. The number of nitrogens with zero attached hydrogens (tertiary/aromatic N) is 5. The number of pyridine rings is 1. The van der Waals surface area contributed by atoms with E-state index in [1.54, 1.807) is 11.3 Å². The van der Waals surface area contributed by atoms with Crippen LogP contribution >= 0.6 is 11.3 Å². The molecule has 6 nitrogen and oxygen atoms in total. The third-order valence-corrected chi connectivity index (χ3v) is 6.85. The van der Waals surface area contributed by atoms with Crippen molar-refractivity contribution in [2.45, 2.75) is 33.2 Å². The van der Waals surface area contributed by atoms with Crippen LogP contribution in [0.4, 0.5) is 0 Å². The molecule has 1 aromatic carbocycles. The Morgan fingerprint density at radius 1 is 1.03 bits per heavy atom. The summed E-state index contributed by atoms with van der Waals surface area (Å²) in [6.07, 6.45) is 3.53. The van der Waals surface area contributed by atoms with Crippen LogP contribution in [-0.4, -0.2) is 43.6 Å². The van der Waals surface area contributed by atoms with Gasteiger partial charge in [-0.2, -0.15) is 5.10 Å². The van der Waals surface area contributed by atoms with Crippen LogP contribution in [0.1, 0.15) is 21.1 Å². The predicted octanol–water partition coefficient (Wildman–Crippen LogP) is 4.31. The van der Waals surface area contributed by atoms with Crippen LogP contribution in [0.15, 0.2) is 54.7 Å². The molecule has 0 saturated carbocycles. The Morgan fingerprint density at radius 2 is 1.84 bits per heavy atom. The van der Waals surface area contributed by atoms with Crippen molar-refractivity contribution in [3.63, 3.8) is 0 Å². The lowest BCUT2D eigenvalue weighted by Crippen LogP contribution is -2.36. The third kappa shape index (κ3) is 4.21. The smallest absolute Gasteiger partial charge is 0.244 e. The van der Waals surface area contributed by atoms with Crippen LogP contribution in [0, 0.1) is 13.8 Å². The average Bonchev–Trinajstić information content (AvgIpc) is 3.32. The van der Waals surface area contributed by atoms with E-state index >= 15 is 0 Å².